The van der Waals surface area contributed by atoms with Gasteiger partial charge in [0.2, 0.25) is 5.91 Å². The molecule has 3 aromatic carbocycles. The number of carbonyl (C=O) groups excluding carboxylic acids is 1. The Kier molecular flexibility index (Phi) is 7.02. The topological polar surface area (TPSA) is 78.5 Å². The molecule has 0 saturated heterocycles. The van der Waals surface area contributed by atoms with Crippen molar-refractivity contribution in [1.82, 2.24) is 10.3 Å². The first-order valence-electron chi connectivity index (χ1n) is 9.46. The lowest BCUT2D eigenvalue weighted by molar-refractivity contribution is -0.120. The number of hydrogen-bond donors (Lipinski definition) is 2. The molecule has 3 rings (SSSR count). The molecule has 0 heterocycles. The molecular formula is C22H25N3O3S2. The highest BCUT2D eigenvalue weighted by Crippen LogP contribution is 2.30. The third kappa shape index (κ3) is 5.13. The first kappa shape index (κ1) is 22.1. The van der Waals surface area contributed by atoms with Gasteiger partial charge in [0, 0.05) is 36.3 Å². The minimum absolute atomic E-state index is 0.119. The van der Waals surface area contributed by atoms with Crippen molar-refractivity contribution in [2.75, 3.05) is 19.0 Å². The van der Waals surface area contributed by atoms with Gasteiger partial charge >= 0.3 is 0 Å². The van der Waals surface area contributed by atoms with E-state index >= 15 is 0 Å². The van der Waals surface area contributed by atoms with Crippen molar-refractivity contribution < 1.29 is 13.2 Å². The van der Waals surface area contributed by atoms with Crippen molar-refractivity contribution in [2.24, 2.45) is 0 Å². The molecule has 8 heteroatoms. The minimum atomic E-state index is -3.93. The van der Waals surface area contributed by atoms with Gasteiger partial charge in [-0.1, -0.05) is 54.6 Å². The van der Waals surface area contributed by atoms with Crippen LogP contribution in [0.4, 0.5) is 5.69 Å². The Balaban J connectivity index is 1.71. The van der Waals surface area contributed by atoms with Gasteiger partial charge in [0.05, 0.1) is 10.1 Å². The van der Waals surface area contributed by atoms with Gasteiger partial charge in [-0.25, -0.2) is 8.42 Å². The van der Waals surface area contributed by atoms with Crippen LogP contribution in [0.3, 0.4) is 0 Å². The third-order valence-corrected chi connectivity index (χ3v) is 7.17. The van der Waals surface area contributed by atoms with Crippen LogP contribution in [-0.2, 0) is 20.6 Å². The number of thioether (sulfide) groups is 1. The normalized spacial score (nSPS) is 12.5. The molecule has 0 fully saturated rings. The molecule has 0 aliphatic carbocycles. The quantitative estimate of drug-likeness (QED) is 0.521. The van der Waals surface area contributed by atoms with Crippen LogP contribution in [0, 0.1) is 0 Å². The van der Waals surface area contributed by atoms with E-state index in [9.17, 15) is 13.2 Å². The average molecular weight is 444 g/mol. The Hall–Kier alpha value is -2.55. The van der Waals surface area contributed by atoms with Crippen molar-refractivity contribution >= 4 is 44.2 Å². The summed E-state index contributed by atoms with van der Waals surface area (Å²) in [6, 6.07) is 20.4. The number of hydrogen-bond acceptors (Lipinski definition) is 5. The lowest BCUT2D eigenvalue weighted by Gasteiger charge is -2.17. The van der Waals surface area contributed by atoms with E-state index in [-0.39, 0.29) is 4.90 Å². The molecule has 6 nitrogen and oxygen atoms in total. The Bertz CT molecular complexity index is 1130. The number of nitrogens with one attached hydrogen (secondary N) is 2. The number of carbonyl (C=O) groups is 1. The molecule has 2 N–H and O–H groups in total. The summed E-state index contributed by atoms with van der Waals surface area (Å²) in [7, 11) is -0.123. The lowest BCUT2D eigenvalue weighted by atomic mass is 10.1. The second kappa shape index (κ2) is 9.51. The van der Waals surface area contributed by atoms with Crippen molar-refractivity contribution in [1.29, 1.82) is 0 Å². The van der Waals surface area contributed by atoms with Gasteiger partial charge in [-0.3, -0.25) is 10.2 Å². The van der Waals surface area contributed by atoms with E-state index in [0.29, 0.717) is 11.1 Å². The van der Waals surface area contributed by atoms with Gasteiger partial charge in [0.1, 0.15) is 0 Å². The predicted octanol–water partition coefficient (Wildman–Crippen LogP) is 3.54. The maximum Gasteiger partial charge on any atom is 0.257 e. The predicted molar refractivity (Wildman–Crippen MR) is 124 cm³/mol. The zero-order valence-corrected chi connectivity index (χ0v) is 18.8. The number of fused-ring (bicyclic) bond motifs is 1. The first-order valence-corrected chi connectivity index (χ1v) is 12.0. The van der Waals surface area contributed by atoms with Crippen LogP contribution in [0.25, 0.3) is 10.8 Å². The van der Waals surface area contributed by atoms with Crippen molar-refractivity contribution in [3.05, 3.63) is 72.3 Å². The van der Waals surface area contributed by atoms with Crippen LogP contribution in [0.15, 0.2) is 71.6 Å². The maximum absolute atomic E-state index is 12.9. The zero-order chi connectivity index (χ0) is 21.7. The third-order valence-electron chi connectivity index (χ3n) is 4.65. The summed E-state index contributed by atoms with van der Waals surface area (Å²) in [5.74, 6) is 0.271. The van der Waals surface area contributed by atoms with Gasteiger partial charge in [0.25, 0.3) is 10.0 Å². The molecular weight excluding hydrogens is 418 g/mol. The summed E-state index contributed by atoms with van der Waals surface area (Å²) >= 11 is 1.44. The van der Waals surface area contributed by atoms with Crippen molar-refractivity contribution in [3.63, 3.8) is 0 Å². The van der Waals surface area contributed by atoms with E-state index < -0.39 is 21.2 Å². The monoisotopic (exact) mass is 443 g/mol. The standard InChI is InChI=1S/C22H25N3O3S2/c1-16(29-15-17-9-5-4-6-10-17)22(26)23-24-30(27,28)21-14-8-11-18-19(21)12-7-13-20(18)25(2)3/h4-14,16,24H,15H2,1-3H3,(H,23,26)/t16-/m0/s1. The van der Waals surface area contributed by atoms with E-state index in [1.807, 2.05) is 67.5 Å². The Labute approximate surface area is 181 Å². The number of sulfonamides is 1. The number of anilines is 1. The molecule has 0 radical (unpaired) electrons. The number of hydrazine groups is 1. The van der Waals surface area contributed by atoms with Gasteiger partial charge in [0.15, 0.2) is 0 Å². The van der Waals surface area contributed by atoms with Crippen LogP contribution in [-0.4, -0.2) is 33.7 Å². The first-order chi connectivity index (χ1) is 14.3. The van der Waals surface area contributed by atoms with Gasteiger partial charge < -0.3 is 4.90 Å². The minimum Gasteiger partial charge on any atom is -0.377 e. The second-order valence-electron chi connectivity index (χ2n) is 7.06. The fourth-order valence-electron chi connectivity index (χ4n) is 3.03. The molecule has 1 amide bonds. The molecule has 0 spiro atoms. The highest BCUT2D eigenvalue weighted by molar-refractivity contribution is 7.99. The van der Waals surface area contributed by atoms with E-state index in [1.165, 1.54) is 17.8 Å². The highest BCUT2D eigenvalue weighted by Gasteiger charge is 2.21. The largest absolute Gasteiger partial charge is 0.377 e. The van der Waals surface area contributed by atoms with Crippen LogP contribution in [0.5, 0.6) is 0 Å². The molecule has 0 unspecified atom stereocenters. The molecule has 0 aromatic heterocycles. The SMILES string of the molecule is C[C@H](SCc1ccccc1)C(=O)NNS(=O)(=O)c1cccc2c(N(C)C)cccc12. The molecule has 0 aliphatic rings. The molecule has 158 valence electrons. The fraction of sp³-hybridized carbons (Fsp3) is 0.227. The van der Waals surface area contributed by atoms with Crippen molar-refractivity contribution in [3.8, 4) is 0 Å². The molecule has 3 aromatic rings. The number of benzene rings is 3. The zero-order valence-electron chi connectivity index (χ0n) is 17.1. The summed E-state index contributed by atoms with van der Waals surface area (Å²) < 4.78 is 25.8. The molecule has 0 saturated carbocycles. The van der Waals surface area contributed by atoms with Crippen LogP contribution in [0.1, 0.15) is 12.5 Å². The Morgan fingerprint density at radius 2 is 1.63 bits per heavy atom. The molecule has 1 atom stereocenters. The Morgan fingerprint density at radius 1 is 0.967 bits per heavy atom. The van der Waals surface area contributed by atoms with Crippen LogP contribution in [0.2, 0.25) is 0 Å². The fourth-order valence-corrected chi connectivity index (χ4v) is 4.95. The summed E-state index contributed by atoms with van der Waals surface area (Å²) in [4.78, 5) is 16.7. The summed E-state index contributed by atoms with van der Waals surface area (Å²) in [5.41, 5.74) is 4.37. The summed E-state index contributed by atoms with van der Waals surface area (Å²) in [6.07, 6.45) is 0. The smallest absolute Gasteiger partial charge is 0.257 e. The van der Waals surface area contributed by atoms with Gasteiger partial charge in [-0.15, -0.1) is 16.6 Å². The second-order valence-corrected chi connectivity index (χ2v) is 10.0. The van der Waals surface area contributed by atoms with E-state index in [0.717, 1.165) is 16.6 Å². The number of amides is 1. The Morgan fingerprint density at radius 3 is 2.33 bits per heavy atom. The van der Waals surface area contributed by atoms with Crippen molar-refractivity contribution in [2.45, 2.75) is 22.8 Å². The van der Waals surface area contributed by atoms with E-state index in [2.05, 4.69) is 10.3 Å². The average Bonchev–Trinajstić information content (AvgIpc) is 2.75. The molecule has 30 heavy (non-hydrogen) atoms. The van der Waals surface area contributed by atoms with E-state index in [1.54, 1.807) is 19.1 Å². The number of rotatable bonds is 8. The van der Waals surface area contributed by atoms with Gasteiger partial charge in [-0.2, -0.15) is 0 Å². The summed E-state index contributed by atoms with van der Waals surface area (Å²) in [6.45, 7) is 1.75. The summed E-state index contributed by atoms with van der Waals surface area (Å²) in [5, 5.41) is 1.00. The highest BCUT2D eigenvalue weighted by atomic mass is 32.2. The molecule has 0 aliphatic heterocycles. The van der Waals surface area contributed by atoms with Gasteiger partial charge in [-0.05, 0) is 24.6 Å². The van der Waals surface area contributed by atoms with Crippen LogP contribution >= 0.6 is 11.8 Å². The van der Waals surface area contributed by atoms with E-state index in [4.69, 9.17) is 0 Å². The number of nitrogens with zero attached hydrogens (tertiary/aromatic N) is 1. The maximum atomic E-state index is 12.9. The van der Waals surface area contributed by atoms with Crippen LogP contribution < -0.4 is 15.2 Å². The molecule has 0 bridgehead atoms. The lowest BCUT2D eigenvalue weighted by Crippen LogP contribution is -2.44.